The van der Waals surface area contributed by atoms with Gasteiger partial charge in [0.25, 0.3) is 0 Å². The maximum atomic E-state index is 8.61. The third-order valence-corrected chi connectivity index (χ3v) is 3.04. The van der Waals surface area contributed by atoms with Crippen molar-refractivity contribution in [2.24, 2.45) is 7.05 Å². The van der Waals surface area contributed by atoms with E-state index in [1.165, 1.54) is 0 Å². The summed E-state index contributed by atoms with van der Waals surface area (Å²) >= 11 is 0. The summed E-state index contributed by atoms with van der Waals surface area (Å²) in [4.78, 5) is 6.44. The molecular formula is C11H17N5. The third-order valence-electron chi connectivity index (χ3n) is 3.04. The number of rotatable bonds is 3. The van der Waals surface area contributed by atoms with Gasteiger partial charge in [0.05, 0.1) is 12.6 Å². The van der Waals surface area contributed by atoms with E-state index in [0.29, 0.717) is 12.6 Å². The molecule has 1 aliphatic heterocycles. The van der Waals surface area contributed by atoms with E-state index in [9.17, 15) is 0 Å². The lowest BCUT2D eigenvalue weighted by atomic mass is 10.1. The van der Waals surface area contributed by atoms with Crippen molar-refractivity contribution in [2.75, 3.05) is 25.0 Å². The van der Waals surface area contributed by atoms with Crippen LogP contribution in [-0.4, -0.2) is 40.1 Å². The van der Waals surface area contributed by atoms with E-state index in [1.54, 1.807) is 6.20 Å². The number of likely N-dealkylation sites (tertiary alicyclic amines) is 1. The molecule has 0 atom stereocenters. The molecule has 0 radical (unpaired) electrons. The molecule has 0 amide bonds. The molecule has 1 aliphatic rings. The van der Waals surface area contributed by atoms with Gasteiger partial charge in [-0.25, -0.2) is 4.98 Å². The van der Waals surface area contributed by atoms with Crippen molar-refractivity contribution >= 4 is 5.95 Å². The topological polar surface area (TPSA) is 56.9 Å². The molecule has 2 rings (SSSR count). The Morgan fingerprint density at radius 3 is 2.88 bits per heavy atom. The van der Waals surface area contributed by atoms with Crippen LogP contribution in [0.5, 0.6) is 0 Å². The molecule has 0 spiro atoms. The molecule has 1 aromatic heterocycles. The van der Waals surface area contributed by atoms with E-state index in [4.69, 9.17) is 5.26 Å². The fourth-order valence-electron chi connectivity index (χ4n) is 2.02. The van der Waals surface area contributed by atoms with Gasteiger partial charge in [0.2, 0.25) is 5.95 Å². The van der Waals surface area contributed by atoms with Crippen molar-refractivity contribution < 1.29 is 0 Å². The first-order valence-corrected chi connectivity index (χ1v) is 5.63. The van der Waals surface area contributed by atoms with Crippen LogP contribution in [0.2, 0.25) is 0 Å². The van der Waals surface area contributed by atoms with Crippen LogP contribution in [0.15, 0.2) is 12.4 Å². The van der Waals surface area contributed by atoms with Gasteiger partial charge >= 0.3 is 0 Å². The highest BCUT2D eigenvalue weighted by atomic mass is 15.2. The van der Waals surface area contributed by atoms with Crippen molar-refractivity contribution in [1.82, 2.24) is 14.5 Å². The number of hydrogen-bond donors (Lipinski definition) is 1. The fraction of sp³-hybridized carbons (Fsp3) is 0.636. The summed E-state index contributed by atoms with van der Waals surface area (Å²) in [6.07, 6.45) is 5.89. The molecule has 1 N–H and O–H groups in total. The Labute approximate surface area is 95.7 Å². The minimum atomic E-state index is 0.482. The average molecular weight is 219 g/mol. The van der Waals surface area contributed by atoms with Gasteiger partial charge < -0.3 is 9.88 Å². The van der Waals surface area contributed by atoms with E-state index in [-0.39, 0.29) is 0 Å². The number of aromatic nitrogens is 2. The third kappa shape index (κ3) is 2.52. The number of hydrogen-bond acceptors (Lipinski definition) is 4. The van der Waals surface area contributed by atoms with Gasteiger partial charge in [-0.15, -0.1) is 0 Å². The van der Waals surface area contributed by atoms with Gasteiger partial charge in [-0.3, -0.25) is 4.90 Å². The summed E-state index contributed by atoms with van der Waals surface area (Å²) in [5, 5.41) is 12.0. The molecule has 0 bridgehead atoms. The number of nitriles is 1. The summed E-state index contributed by atoms with van der Waals surface area (Å²) in [5.74, 6) is 0.929. The van der Waals surface area contributed by atoms with Crippen LogP contribution >= 0.6 is 0 Å². The molecule has 86 valence electrons. The smallest absolute Gasteiger partial charge is 0.202 e. The van der Waals surface area contributed by atoms with Crippen LogP contribution in [0.3, 0.4) is 0 Å². The van der Waals surface area contributed by atoms with Crippen LogP contribution in [-0.2, 0) is 7.05 Å². The molecule has 1 fully saturated rings. The number of aryl methyl sites for hydroxylation is 1. The molecule has 0 unspecified atom stereocenters. The maximum absolute atomic E-state index is 8.61. The number of imidazole rings is 1. The molecule has 2 heterocycles. The zero-order valence-corrected chi connectivity index (χ0v) is 9.56. The summed E-state index contributed by atoms with van der Waals surface area (Å²) in [6, 6.07) is 2.68. The van der Waals surface area contributed by atoms with Crippen molar-refractivity contribution in [3.8, 4) is 6.07 Å². The monoisotopic (exact) mass is 219 g/mol. The SMILES string of the molecule is Cn1ccnc1NC1CCN(CC#N)CC1. The summed E-state index contributed by atoms with van der Waals surface area (Å²) in [5.41, 5.74) is 0. The fourth-order valence-corrected chi connectivity index (χ4v) is 2.02. The first-order chi connectivity index (χ1) is 7.79. The quantitative estimate of drug-likeness (QED) is 0.765. The van der Waals surface area contributed by atoms with Crippen LogP contribution in [0.25, 0.3) is 0 Å². The lowest BCUT2D eigenvalue weighted by Gasteiger charge is -2.30. The molecule has 1 saturated heterocycles. The molecule has 5 nitrogen and oxygen atoms in total. The molecule has 0 aromatic carbocycles. The van der Waals surface area contributed by atoms with Gasteiger partial charge in [0, 0.05) is 38.6 Å². The van der Waals surface area contributed by atoms with Crippen molar-refractivity contribution in [1.29, 1.82) is 5.26 Å². The highest BCUT2D eigenvalue weighted by molar-refractivity contribution is 5.27. The second kappa shape index (κ2) is 4.99. The summed E-state index contributed by atoms with van der Waals surface area (Å²) in [6.45, 7) is 2.54. The zero-order valence-electron chi connectivity index (χ0n) is 9.56. The molecule has 16 heavy (non-hydrogen) atoms. The van der Waals surface area contributed by atoms with E-state index in [0.717, 1.165) is 31.9 Å². The number of nitrogens with one attached hydrogen (secondary N) is 1. The molecular weight excluding hydrogens is 202 g/mol. The minimum Gasteiger partial charge on any atom is -0.353 e. The molecule has 0 aliphatic carbocycles. The first-order valence-electron chi connectivity index (χ1n) is 5.63. The first kappa shape index (κ1) is 11.0. The average Bonchev–Trinajstić information content (AvgIpc) is 2.68. The van der Waals surface area contributed by atoms with Crippen LogP contribution in [0, 0.1) is 11.3 Å². The van der Waals surface area contributed by atoms with E-state index in [2.05, 4.69) is 21.3 Å². The van der Waals surface area contributed by atoms with Crippen LogP contribution in [0.1, 0.15) is 12.8 Å². The Bertz CT molecular complexity index is 370. The van der Waals surface area contributed by atoms with Crippen molar-refractivity contribution in [3.63, 3.8) is 0 Å². The van der Waals surface area contributed by atoms with Gasteiger partial charge in [-0.05, 0) is 12.8 Å². The standard InChI is InChI=1S/C11H17N5/c1-15-9-5-13-11(15)14-10-2-6-16(7-3-10)8-4-12/h5,9-10H,2-3,6-8H2,1H3,(H,13,14). The van der Waals surface area contributed by atoms with Crippen molar-refractivity contribution in [3.05, 3.63) is 12.4 Å². The van der Waals surface area contributed by atoms with Gasteiger partial charge in [-0.1, -0.05) is 0 Å². The molecule has 1 aromatic rings. The summed E-state index contributed by atoms with van der Waals surface area (Å²) < 4.78 is 1.99. The predicted molar refractivity (Wildman–Crippen MR) is 61.9 cm³/mol. The normalized spacial score (nSPS) is 18.2. The lowest BCUT2D eigenvalue weighted by Crippen LogP contribution is -2.39. The lowest BCUT2D eigenvalue weighted by molar-refractivity contribution is 0.242. The largest absolute Gasteiger partial charge is 0.353 e. The molecule has 0 saturated carbocycles. The highest BCUT2D eigenvalue weighted by Crippen LogP contribution is 2.14. The number of nitrogens with zero attached hydrogens (tertiary/aromatic N) is 4. The van der Waals surface area contributed by atoms with Gasteiger partial charge in [-0.2, -0.15) is 5.26 Å². The maximum Gasteiger partial charge on any atom is 0.202 e. The van der Waals surface area contributed by atoms with Gasteiger partial charge in [0.1, 0.15) is 0 Å². The zero-order chi connectivity index (χ0) is 11.4. The number of anilines is 1. The Morgan fingerprint density at radius 2 is 2.31 bits per heavy atom. The molecule has 5 heteroatoms. The van der Waals surface area contributed by atoms with E-state index in [1.807, 2.05) is 17.8 Å². The van der Waals surface area contributed by atoms with Gasteiger partial charge in [0.15, 0.2) is 0 Å². The van der Waals surface area contributed by atoms with E-state index >= 15 is 0 Å². The Morgan fingerprint density at radius 1 is 1.56 bits per heavy atom. The van der Waals surface area contributed by atoms with Crippen molar-refractivity contribution in [2.45, 2.75) is 18.9 Å². The Kier molecular flexibility index (Phi) is 3.42. The second-order valence-corrected chi connectivity index (χ2v) is 4.21. The minimum absolute atomic E-state index is 0.482. The van der Waals surface area contributed by atoms with Crippen LogP contribution < -0.4 is 5.32 Å². The second-order valence-electron chi connectivity index (χ2n) is 4.21. The predicted octanol–water partition coefficient (Wildman–Crippen LogP) is 0.820. The van der Waals surface area contributed by atoms with Crippen LogP contribution in [0.4, 0.5) is 5.95 Å². The Balaban J connectivity index is 1.82. The Hall–Kier alpha value is -1.54. The number of piperidine rings is 1. The van der Waals surface area contributed by atoms with E-state index < -0.39 is 0 Å². The highest BCUT2D eigenvalue weighted by Gasteiger charge is 2.19. The summed E-state index contributed by atoms with van der Waals surface area (Å²) in [7, 11) is 1.99.